The summed E-state index contributed by atoms with van der Waals surface area (Å²) in [6, 6.07) is 0. The average molecular weight is 186 g/mol. The van der Waals surface area contributed by atoms with Crippen molar-refractivity contribution in [3.8, 4) is 0 Å². The van der Waals surface area contributed by atoms with Crippen LogP contribution in [0.1, 0.15) is 46.5 Å². The van der Waals surface area contributed by atoms with Crippen LogP contribution in [0, 0.1) is 5.92 Å². The van der Waals surface area contributed by atoms with Gasteiger partial charge in [-0.1, -0.05) is 0 Å². The van der Waals surface area contributed by atoms with Gasteiger partial charge in [-0.2, -0.15) is 0 Å². The summed E-state index contributed by atoms with van der Waals surface area (Å²) in [4.78, 5) is 0. The van der Waals surface area contributed by atoms with Crippen molar-refractivity contribution in [2.75, 3.05) is 6.61 Å². The van der Waals surface area contributed by atoms with E-state index in [0.717, 1.165) is 19.4 Å². The van der Waals surface area contributed by atoms with E-state index < -0.39 is 0 Å². The van der Waals surface area contributed by atoms with Gasteiger partial charge >= 0.3 is 0 Å². The van der Waals surface area contributed by atoms with Gasteiger partial charge in [0.15, 0.2) is 0 Å². The summed E-state index contributed by atoms with van der Waals surface area (Å²) >= 11 is 0. The molecule has 0 aromatic carbocycles. The normalized spacial score (nSPS) is 20.3. The summed E-state index contributed by atoms with van der Waals surface area (Å²) in [5.74, 6) is 0.606. The molecule has 1 unspecified atom stereocenters. The van der Waals surface area contributed by atoms with Gasteiger partial charge in [0.2, 0.25) is 0 Å². The summed E-state index contributed by atoms with van der Waals surface area (Å²) in [5.41, 5.74) is -0.0372. The number of rotatable bonds is 5. The minimum atomic E-state index is -0.0661. The van der Waals surface area contributed by atoms with Crippen molar-refractivity contribution in [3.05, 3.63) is 0 Å². The fourth-order valence-corrected chi connectivity index (χ4v) is 1.39. The van der Waals surface area contributed by atoms with E-state index in [-0.39, 0.29) is 11.7 Å². The highest BCUT2D eigenvalue weighted by molar-refractivity contribution is 4.80. The maximum absolute atomic E-state index is 9.56. The molecule has 2 nitrogen and oxygen atoms in total. The molecule has 1 aliphatic carbocycles. The predicted octanol–water partition coefficient (Wildman–Crippen LogP) is 2.35. The van der Waals surface area contributed by atoms with Crippen LogP contribution in [-0.4, -0.2) is 23.4 Å². The van der Waals surface area contributed by atoms with Crippen LogP contribution >= 0.6 is 0 Å². The van der Waals surface area contributed by atoms with Crippen molar-refractivity contribution in [1.82, 2.24) is 0 Å². The summed E-state index contributed by atoms with van der Waals surface area (Å²) in [7, 11) is 0. The molecular formula is C11H22O2. The molecule has 1 N–H and O–H groups in total. The highest BCUT2D eigenvalue weighted by Gasteiger charge is 2.29. The lowest BCUT2D eigenvalue weighted by atomic mass is 10.1. The Kier molecular flexibility index (Phi) is 3.74. The SMILES string of the molecule is CC(C)(C)OCCCC(O)C1CC1. The summed E-state index contributed by atoms with van der Waals surface area (Å²) in [6.07, 6.45) is 4.27. The van der Waals surface area contributed by atoms with Crippen molar-refractivity contribution in [1.29, 1.82) is 0 Å². The van der Waals surface area contributed by atoms with Crippen LogP contribution in [0.15, 0.2) is 0 Å². The average Bonchev–Trinajstić information content (AvgIpc) is 2.77. The number of hydrogen-bond acceptors (Lipinski definition) is 2. The molecule has 0 bridgehead atoms. The molecule has 78 valence electrons. The fourth-order valence-electron chi connectivity index (χ4n) is 1.39. The largest absolute Gasteiger partial charge is 0.393 e. The van der Waals surface area contributed by atoms with Gasteiger partial charge in [-0.05, 0) is 52.4 Å². The van der Waals surface area contributed by atoms with Gasteiger partial charge in [0.25, 0.3) is 0 Å². The maximum atomic E-state index is 9.56. The lowest BCUT2D eigenvalue weighted by molar-refractivity contribution is -0.00940. The minimum Gasteiger partial charge on any atom is -0.393 e. The summed E-state index contributed by atoms with van der Waals surface area (Å²) in [6.45, 7) is 6.95. The third kappa shape index (κ3) is 5.27. The first-order chi connectivity index (χ1) is 5.99. The van der Waals surface area contributed by atoms with Gasteiger partial charge < -0.3 is 9.84 Å². The van der Waals surface area contributed by atoms with E-state index in [1.54, 1.807) is 0 Å². The second-order valence-corrected chi connectivity index (χ2v) is 5.01. The third-order valence-corrected chi connectivity index (χ3v) is 2.35. The maximum Gasteiger partial charge on any atom is 0.0598 e. The summed E-state index contributed by atoms with van der Waals surface area (Å²) in [5, 5.41) is 9.56. The van der Waals surface area contributed by atoms with Crippen LogP contribution in [0.3, 0.4) is 0 Å². The highest BCUT2D eigenvalue weighted by Crippen LogP contribution is 2.34. The highest BCUT2D eigenvalue weighted by atomic mass is 16.5. The Labute approximate surface area is 81.3 Å². The Morgan fingerprint density at radius 1 is 1.38 bits per heavy atom. The van der Waals surface area contributed by atoms with Crippen LogP contribution in [-0.2, 0) is 4.74 Å². The Hall–Kier alpha value is -0.0800. The topological polar surface area (TPSA) is 29.5 Å². The van der Waals surface area contributed by atoms with Gasteiger partial charge in [0, 0.05) is 6.61 Å². The second-order valence-electron chi connectivity index (χ2n) is 5.01. The van der Waals surface area contributed by atoms with Gasteiger partial charge in [0.1, 0.15) is 0 Å². The Morgan fingerprint density at radius 2 is 2.00 bits per heavy atom. The summed E-state index contributed by atoms with van der Waals surface area (Å²) < 4.78 is 5.57. The number of ether oxygens (including phenoxy) is 1. The van der Waals surface area contributed by atoms with E-state index in [1.165, 1.54) is 12.8 Å². The van der Waals surface area contributed by atoms with Crippen LogP contribution in [0.25, 0.3) is 0 Å². The first kappa shape index (κ1) is 11.0. The van der Waals surface area contributed by atoms with E-state index in [9.17, 15) is 5.11 Å². The lowest BCUT2D eigenvalue weighted by Crippen LogP contribution is -2.20. The molecule has 1 atom stereocenters. The smallest absolute Gasteiger partial charge is 0.0598 e. The van der Waals surface area contributed by atoms with Crippen molar-refractivity contribution in [2.45, 2.75) is 58.2 Å². The first-order valence-corrected chi connectivity index (χ1v) is 5.31. The molecule has 13 heavy (non-hydrogen) atoms. The second kappa shape index (κ2) is 4.43. The molecule has 0 saturated heterocycles. The Bertz CT molecular complexity index is 145. The lowest BCUT2D eigenvalue weighted by Gasteiger charge is -2.19. The van der Waals surface area contributed by atoms with Crippen molar-refractivity contribution in [2.24, 2.45) is 5.92 Å². The third-order valence-electron chi connectivity index (χ3n) is 2.35. The van der Waals surface area contributed by atoms with E-state index in [1.807, 2.05) is 0 Å². The van der Waals surface area contributed by atoms with Crippen molar-refractivity contribution >= 4 is 0 Å². The van der Waals surface area contributed by atoms with Gasteiger partial charge in [-0.3, -0.25) is 0 Å². The molecule has 0 aromatic rings. The zero-order valence-corrected chi connectivity index (χ0v) is 9.05. The van der Waals surface area contributed by atoms with Crippen LogP contribution in [0.4, 0.5) is 0 Å². The molecular weight excluding hydrogens is 164 g/mol. The molecule has 1 fully saturated rings. The molecule has 1 aliphatic rings. The van der Waals surface area contributed by atoms with E-state index >= 15 is 0 Å². The van der Waals surface area contributed by atoms with E-state index in [0.29, 0.717) is 5.92 Å². The molecule has 0 aliphatic heterocycles. The number of aliphatic hydroxyl groups excluding tert-OH is 1. The molecule has 2 heteroatoms. The quantitative estimate of drug-likeness (QED) is 0.668. The Balaban J connectivity index is 1.94. The molecule has 0 spiro atoms. The van der Waals surface area contributed by atoms with Gasteiger partial charge in [-0.15, -0.1) is 0 Å². The number of hydrogen-bond donors (Lipinski definition) is 1. The zero-order chi connectivity index (χ0) is 9.90. The first-order valence-electron chi connectivity index (χ1n) is 5.31. The molecule has 1 saturated carbocycles. The molecule has 1 rings (SSSR count). The predicted molar refractivity (Wildman–Crippen MR) is 53.7 cm³/mol. The van der Waals surface area contributed by atoms with Gasteiger partial charge in [0.05, 0.1) is 11.7 Å². The molecule has 0 heterocycles. The van der Waals surface area contributed by atoms with Crippen LogP contribution < -0.4 is 0 Å². The monoisotopic (exact) mass is 186 g/mol. The number of aliphatic hydroxyl groups is 1. The molecule has 0 aromatic heterocycles. The minimum absolute atomic E-state index is 0.0372. The Morgan fingerprint density at radius 3 is 2.46 bits per heavy atom. The van der Waals surface area contributed by atoms with E-state index in [2.05, 4.69) is 20.8 Å². The molecule has 0 radical (unpaired) electrons. The van der Waals surface area contributed by atoms with Crippen LogP contribution in [0.5, 0.6) is 0 Å². The van der Waals surface area contributed by atoms with Crippen LogP contribution in [0.2, 0.25) is 0 Å². The fraction of sp³-hybridized carbons (Fsp3) is 1.00. The molecule has 0 amide bonds. The van der Waals surface area contributed by atoms with E-state index in [4.69, 9.17) is 4.74 Å². The zero-order valence-electron chi connectivity index (χ0n) is 9.05. The standard InChI is InChI=1S/C11H22O2/c1-11(2,3)13-8-4-5-10(12)9-6-7-9/h9-10,12H,4-8H2,1-3H3. The van der Waals surface area contributed by atoms with Gasteiger partial charge in [-0.25, -0.2) is 0 Å². The van der Waals surface area contributed by atoms with Crippen molar-refractivity contribution < 1.29 is 9.84 Å². The van der Waals surface area contributed by atoms with Crippen molar-refractivity contribution in [3.63, 3.8) is 0 Å².